The van der Waals surface area contributed by atoms with Crippen LogP contribution in [0.5, 0.6) is 0 Å². The highest BCUT2D eigenvalue weighted by Gasteiger charge is 2.23. The standard InChI is InChI=1S/C22H24ClN5O2/c23-20-7-5-18(6-8-20)21(27-9-11-30-12-10-27)13-25-22(29)19-3-1-17(2-4-19)14-28-16-24-15-26-28/h1-8,15-16,21H,9-14H2,(H,25,29). The minimum Gasteiger partial charge on any atom is -0.379 e. The number of morpholine rings is 1. The van der Waals surface area contributed by atoms with Gasteiger partial charge in [-0.2, -0.15) is 5.10 Å². The van der Waals surface area contributed by atoms with E-state index in [9.17, 15) is 4.79 Å². The Morgan fingerprint density at radius 2 is 1.83 bits per heavy atom. The molecule has 1 unspecified atom stereocenters. The summed E-state index contributed by atoms with van der Waals surface area (Å²) in [4.78, 5) is 19.0. The molecule has 1 saturated heterocycles. The van der Waals surface area contributed by atoms with E-state index in [0.717, 1.165) is 24.2 Å². The molecule has 30 heavy (non-hydrogen) atoms. The molecule has 1 amide bonds. The van der Waals surface area contributed by atoms with Crippen molar-refractivity contribution < 1.29 is 9.53 Å². The van der Waals surface area contributed by atoms with E-state index in [0.29, 0.717) is 36.9 Å². The lowest BCUT2D eigenvalue weighted by molar-refractivity contribution is 0.0162. The number of halogens is 1. The van der Waals surface area contributed by atoms with Crippen molar-refractivity contribution in [1.29, 1.82) is 0 Å². The Kier molecular flexibility index (Phi) is 6.74. The molecule has 0 bridgehead atoms. The lowest BCUT2D eigenvalue weighted by Gasteiger charge is -2.35. The van der Waals surface area contributed by atoms with E-state index >= 15 is 0 Å². The highest BCUT2D eigenvalue weighted by atomic mass is 35.5. The molecule has 1 N–H and O–H groups in total. The highest BCUT2D eigenvalue weighted by molar-refractivity contribution is 6.30. The van der Waals surface area contributed by atoms with E-state index < -0.39 is 0 Å². The van der Waals surface area contributed by atoms with Gasteiger partial charge in [-0.3, -0.25) is 9.69 Å². The second-order valence-electron chi connectivity index (χ2n) is 7.22. The molecule has 156 valence electrons. The van der Waals surface area contributed by atoms with E-state index in [1.807, 2.05) is 48.5 Å². The molecule has 1 atom stereocenters. The van der Waals surface area contributed by atoms with Crippen LogP contribution in [0.2, 0.25) is 5.02 Å². The second-order valence-corrected chi connectivity index (χ2v) is 7.65. The quantitative estimate of drug-likeness (QED) is 0.630. The molecule has 1 aromatic heterocycles. The molecular formula is C22H24ClN5O2. The van der Waals surface area contributed by atoms with Gasteiger partial charge in [0.25, 0.3) is 5.91 Å². The lowest BCUT2D eigenvalue weighted by atomic mass is 10.0. The summed E-state index contributed by atoms with van der Waals surface area (Å²) in [6.07, 6.45) is 3.18. The summed E-state index contributed by atoms with van der Waals surface area (Å²) in [5, 5.41) is 7.90. The van der Waals surface area contributed by atoms with Gasteiger partial charge in [-0.15, -0.1) is 0 Å². The van der Waals surface area contributed by atoms with Crippen LogP contribution < -0.4 is 5.32 Å². The third-order valence-electron chi connectivity index (χ3n) is 5.22. The van der Waals surface area contributed by atoms with Crippen molar-refractivity contribution in [2.45, 2.75) is 12.6 Å². The molecule has 1 fully saturated rings. The fraction of sp³-hybridized carbons (Fsp3) is 0.318. The topological polar surface area (TPSA) is 72.3 Å². The van der Waals surface area contributed by atoms with Gasteiger partial charge in [0, 0.05) is 30.2 Å². The number of carbonyl (C=O) groups excluding carboxylic acids is 1. The Balaban J connectivity index is 1.40. The minimum atomic E-state index is -0.0884. The van der Waals surface area contributed by atoms with Crippen molar-refractivity contribution in [2.75, 3.05) is 32.8 Å². The SMILES string of the molecule is O=C(NCC(c1ccc(Cl)cc1)N1CCOCC1)c1ccc(Cn2cncn2)cc1. The third-order valence-corrected chi connectivity index (χ3v) is 5.48. The number of aromatic nitrogens is 3. The lowest BCUT2D eigenvalue weighted by Crippen LogP contribution is -2.43. The molecule has 1 aliphatic rings. The van der Waals surface area contributed by atoms with E-state index in [-0.39, 0.29) is 11.9 Å². The maximum absolute atomic E-state index is 12.7. The molecule has 0 radical (unpaired) electrons. The first-order chi connectivity index (χ1) is 14.7. The van der Waals surface area contributed by atoms with Crippen molar-refractivity contribution in [3.8, 4) is 0 Å². The summed E-state index contributed by atoms with van der Waals surface area (Å²) >= 11 is 6.05. The summed E-state index contributed by atoms with van der Waals surface area (Å²) in [7, 11) is 0. The van der Waals surface area contributed by atoms with Gasteiger partial charge in [0.2, 0.25) is 0 Å². The Bertz CT molecular complexity index is 939. The van der Waals surface area contributed by atoms with Gasteiger partial charge in [0.15, 0.2) is 0 Å². The van der Waals surface area contributed by atoms with E-state index in [1.165, 1.54) is 6.33 Å². The van der Waals surface area contributed by atoms with Crippen LogP contribution in [-0.2, 0) is 11.3 Å². The Morgan fingerprint density at radius 1 is 1.10 bits per heavy atom. The Labute approximate surface area is 180 Å². The van der Waals surface area contributed by atoms with Crippen molar-refractivity contribution in [2.24, 2.45) is 0 Å². The largest absolute Gasteiger partial charge is 0.379 e. The number of nitrogens with zero attached hydrogens (tertiary/aromatic N) is 4. The number of benzene rings is 2. The predicted molar refractivity (Wildman–Crippen MR) is 114 cm³/mol. The van der Waals surface area contributed by atoms with Crippen molar-refractivity contribution in [1.82, 2.24) is 25.0 Å². The predicted octanol–water partition coefficient (Wildman–Crippen LogP) is 2.78. The number of hydrogen-bond acceptors (Lipinski definition) is 5. The van der Waals surface area contributed by atoms with E-state index in [4.69, 9.17) is 16.3 Å². The fourth-order valence-electron chi connectivity index (χ4n) is 3.59. The minimum absolute atomic E-state index is 0.0710. The summed E-state index contributed by atoms with van der Waals surface area (Å²) in [6, 6.07) is 15.5. The summed E-state index contributed by atoms with van der Waals surface area (Å²) in [5.74, 6) is -0.0884. The summed E-state index contributed by atoms with van der Waals surface area (Å²) < 4.78 is 7.23. The number of ether oxygens (including phenoxy) is 1. The molecule has 8 heteroatoms. The Hall–Kier alpha value is -2.74. The number of hydrogen-bond donors (Lipinski definition) is 1. The van der Waals surface area contributed by atoms with Gasteiger partial charge in [-0.25, -0.2) is 9.67 Å². The van der Waals surface area contributed by atoms with Crippen LogP contribution >= 0.6 is 11.6 Å². The zero-order valence-electron chi connectivity index (χ0n) is 16.6. The zero-order chi connectivity index (χ0) is 20.8. The van der Waals surface area contributed by atoms with Gasteiger partial charge in [0.1, 0.15) is 12.7 Å². The monoisotopic (exact) mass is 425 g/mol. The molecule has 2 heterocycles. The molecule has 1 aliphatic heterocycles. The molecule has 2 aromatic carbocycles. The molecule has 4 rings (SSSR count). The van der Waals surface area contributed by atoms with E-state index in [2.05, 4.69) is 20.3 Å². The first-order valence-corrected chi connectivity index (χ1v) is 10.3. The number of nitrogens with one attached hydrogen (secondary N) is 1. The van der Waals surface area contributed by atoms with Crippen LogP contribution in [0, 0.1) is 0 Å². The molecule has 7 nitrogen and oxygen atoms in total. The van der Waals surface area contributed by atoms with Crippen LogP contribution in [0.1, 0.15) is 27.5 Å². The summed E-state index contributed by atoms with van der Waals surface area (Å²) in [5.41, 5.74) is 2.82. The first-order valence-electron chi connectivity index (χ1n) is 9.96. The molecular weight excluding hydrogens is 402 g/mol. The van der Waals surface area contributed by atoms with Gasteiger partial charge >= 0.3 is 0 Å². The Morgan fingerprint density at radius 3 is 2.50 bits per heavy atom. The van der Waals surface area contributed by atoms with Crippen LogP contribution in [0.4, 0.5) is 0 Å². The van der Waals surface area contributed by atoms with Crippen LogP contribution in [0.3, 0.4) is 0 Å². The average Bonchev–Trinajstić information content (AvgIpc) is 3.29. The molecule has 0 saturated carbocycles. The zero-order valence-corrected chi connectivity index (χ0v) is 17.3. The summed E-state index contributed by atoms with van der Waals surface area (Å²) in [6.45, 7) is 4.20. The van der Waals surface area contributed by atoms with Gasteiger partial charge in [-0.05, 0) is 35.4 Å². The molecule has 0 aliphatic carbocycles. The van der Waals surface area contributed by atoms with Crippen LogP contribution in [0.15, 0.2) is 61.2 Å². The van der Waals surface area contributed by atoms with Crippen LogP contribution in [0.25, 0.3) is 0 Å². The maximum atomic E-state index is 12.7. The molecule has 3 aromatic rings. The smallest absolute Gasteiger partial charge is 0.251 e. The van der Waals surface area contributed by atoms with Gasteiger partial charge in [-0.1, -0.05) is 35.9 Å². The highest BCUT2D eigenvalue weighted by Crippen LogP contribution is 2.23. The van der Waals surface area contributed by atoms with E-state index in [1.54, 1.807) is 11.0 Å². The van der Waals surface area contributed by atoms with Crippen molar-refractivity contribution in [3.05, 3.63) is 82.9 Å². The van der Waals surface area contributed by atoms with Crippen molar-refractivity contribution in [3.63, 3.8) is 0 Å². The van der Waals surface area contributed by atoms with Gasteiger partial charge < -0.3 is 10.1 Å². The molecule has 0 spiro atoms. The average molecular weight is 426 g/mol. The number of rotatable bonds is 7. The third kappa shape index (κ3) is 5.24. The fourth-order valence-corrected chi connectivity index (χ4v) is 3.71. The first kappa shape index (κ1) is 20.5. The number of amides is 1. The number of carbonyl (C=O) groups is 1. The normalized spacial score (nSPS) is 15.6. The maximum Gasteiger partial charge on any atom is 0.251 e. The van der Waals surface area contributed by atoms with Crippen LogP contribution in [-0.4, -0.2) is 58.4 Å². The van der Waals surface area contributed by atoms with Crippen molar-refractivity contribution >= 4 is 17.5 Å². The van der Waals surface area contributed by atoms with Gasteiger partial charge in [0.05, 0.1) is 25.8 Å². The second kappa shape index (κ2) is 9.84.